The first kappa shape index (κ1) is 13.8. The lowest BCUT2D eigenvalue weighted by atomic mass is 10.2. The van der Waals surface area contributed by atoms with Crippen molar-refractivity contribution >= 4 is 5.82 Å². The molecule has 0 radical (unpaired) electrons. The summed E-state index contributed by atoms with van der Waals surface area (Å²) >= 11 is 0. The summed E-state index contributed by atoms with van der Waals surface area (Å²) in [5.74, 6) is 1.59. The summed E-state index contributed by atoms with van der Waals surface area (Å²) in [4.78, 5) is 4.26. The summed E-state index contributed by atoms with van der Waals surface area (Å²) in [6.45, 7) is 5.12. The molecule has 0 fully saturated rings. The molecule has 17 heavy (non-hydrogen) atoms. The van der Waals surface area contributed by atoms with E-state index in [-0.39, 0.29) is 12.7 Å². The largest absolute Gasteiger partial charge is 0.487 e. The number of pyridine rings is 1. The molecule has 1 aromatic rings. The molecule has 0 bridgehead atoms. The molecule has 0 saturated heterocycles. The van der Waals surface area contributed by atoms with Crippen molar-refractivity contribution < 1.29 is 9.84 Å². The Labute approximate surface area is 103 Å². The quantitative estimate of drug-likeness (QED) is 0.683. The Hall–Kier alpha value is -1.29. The van der Waals surface area contributed by atoms with E-state index >= 15 is 0 Å². The highest BCUT2D eigenvalue weighted by atomic mass is 16.5. The predicted octanol–water partition coefficient (Wildman–Crippen LogP) is 2.44. The molecule has 1 rings (SSSR count). The zero-order chi connectivity index (χ0) is 12.5. The van der Waals surface area contributed by atoms with Gasteiger partial charge in [-0.05, 0) is 45.2 Å². The van der Waals surface area contributed by atoms with Gasteiger partial charge in [0.15, 0.2) is 11.6 Å². The van der Waals surface area contributed by atoms with Gasteiger partial charge in [0.05, 0.1) is 6.10 Å². The molecule has 0 atom stereocenters. The molecule has 2 N–H and O–H groups in total. The third-order valence-corrected chi connectivity index (χ3v) is 2.26. The predicted molar refractivity (Wildman–Crippen MR) is 69.4 cm³/mol. The summed E-state index contributed by atoms with van der Waals surface area (Å²) in [5, 5.41) is 11.9. The first-order chi connectivity index (χ1) is 8.24. The minimum absolute atomic E-state index is 0.147. The third-order valence-electron chi connectivity index (χ3n) is 2.26. The monoisotopic (exact) mass is 238 g/mol. The zero-order valence-electron chi connectivity index (χ0n) is 10.6. The van der Waals surface area contributed by atoms with Crippen molar-refractivity contribution in [3.63, 3.8) is 0 Å². The maximum atomic E-state index is 8.67. The molecule has 4 heteroatoms. The lowest BCUT2D eigenvalue weighted by Gasteiger charge is -2.14. The van der Waals surface area contributed by atoms with E-state index in [9.17, 15) is 0 Å². The van der Waals surface area contributed by atoms with Crippen LogP contribution in [0.3, 0.4) is 0 Å². The maximum absolute atomic E-state index is 8.67. The maximum Gasteiger partial charge on any atom is 0.168 e. The number of aromatic nitrogens is 1. The highest BCUT2D eigenvalue weighted by molar-refractivity contribution is 5.49. The van der Waals surface area contributed by atoms with Crippen molar-refractivity contribution in [3.8, 4) is 5.75 Å². The van der Waals surface area contributed by atoms with E-state index in [2.05, 4.69) is 10.3 Å². The van der Waals surface area contributed by atoms with Gasteiger partial charge in [0.1, 0.15) is 0 Å². The van der Waals surface area contributed by atoms with E-state index in [0.717, 1.165) is 37.4 Å². The second-order valence-corrected chi connectivity index (χ2v) is 4.23. The highest BCUT2D eigenvalue weighted by Gasteiger charge is 2.05. The van der Waals surface area contributed by atoms with Gasteiger partial charge in [-0.25, -0.2) is 4.98 Å². The van der Waals surface area contributed by atoms with Gasteiger partial charge in [-0.3, -0.25) is 0 Å². The molecule has 0 aliphatic heterocycles. The molecule has 0 spiro atoms. The Bertz CT molecular complexity index is 316. The van der Waals surface area contributed by atoms with Crippen LogP contribution >= 0.6 is 0 Å². The van der Waals surface area contributed by atoms with Crippen molar-refractivity contribution in [2.45, 2.75) is 39.2 Å². The number of unbranched alkanes of at least 4 members (excludes halogenated alkanes) is 2. The Morgan fingerprint density at radius 2 is 2.18 bits per heavy atom. The van der Waals surface area contributed by atoms with Gasteiger partial charge in [-0.2, -0.15) is 0 Å². The normalized spacial score (nSPS) is 10.6. The first-order valence-corrected chi connectivity index (χ1v) is 6.20. The Morgan fingerprint density at radius 1 is 1.35 bits per heavy atom. The molecule has 1 aromatic heterocycles. The number of ether oxygens (including phenoxy) is 1. The summed E-state index contributed by atoms with van der Waals surface area (Å²) in [7, 11) is 0. The Morgan fingerprint density at radius 3 is 2.88 bits per heavy atom. The molecule has 0 aromatic carbocycles. The van der Waals surface area contributed by atoms with Crippen LogP contribution in [0.1, 0.15) is 33.1 Å². The lowest BCUT2D eigenvalue weighted by molar-refractivity contribution is 0.243. The summed E-state index contributed by atoms with van der Waals surface area (Å²) in [5.41, 5.74) is 0. The van der Waals surface area contributed by atoms with Gasteiger partial charge in [0.25, 0.3) is 0 Å². The van der Waals surface area contributed by atoms with Crippen LogP contribution < -0.4 is 10.1 Å². The standard InChI is InChI=1S/C13H22N2O2/c1-11(2)17-12-7-6-9-15-13(12)14-8-4-3-5-10-16/h6-7,9,11,16H,3-5,8,10H2,1-2H3,(H,14,15). The second-order valence-electron chi connectivity index (χ2n) is 4.23. The first-order valence-electron chi connectivity index (χ1n) is 6.20. The third kappa shape index (κ3) is 5.54. The van der Waals surface area contributed by atoms with Crippen LogP contribution in [0.2, 0.25) is 0 Å². The van der Waals surface area contributed by atoms with E-state index in [1.54, 1.807) is 6.20 Å². The zero-order valence-corrected chi connectivity index (χ0v) is 10.6. The summed E-state index contributed by atoms with van der Waals surface area (Å²) in [6.07, 6.45) is 4.81. The lowest BCUT2D eigenvalue weighted by Crippen LogP contribution is -2.10. The number of nitrogens with one attached hydrogen (secondary N) is 1. The van der Waals surface area contributed by atoms with Crippen LogP contribution in [0, 0.1) is 0 Å². The highest BCUT2D eigenvalue weighted by Crippen LogP contribution is 2.21. The fourth-order valence-electron chi connectivity index (χ4n) is 1.49. The van der Waals surface area contributed by atoms with E-state index in [1.807, 2.05) is 26.0 Å². The molecule has 0 aliphatic carbocycles. The molecule has 0 amide bonds. The average Bonchev–Trinajstić information content (AvgIpc) is 2.30. The number of aliphatic hydroxyl groups excluding tert-OH is 1. The van der Waals surface area contributed by atoms with Crippen molar-refractivity contribution in [1.82, 2.24) is 4.98 Å². The van der Waals surface area contributed by atoms with Gasteiger partial charge in [-0.1, -0.05) is 0 Å². The number of hydrogen-bond acceptors (Lipinski definition) is 4. The van der Waals surface area contributed by atoms with E-state index in [4.69, 9.17) is 9.84 Å². The van der Waals surface area contributed by atoms with Crippen LogP contribution in [0.15, 0.2) is 18.3 Å². The average molecular weight is 238 g/mol. The molecular formula is C13H22N2O2. The van der Waals surface area contributed by atoms with Gasteiger partial charge in [0.2, 0.25) is 0 Å². The van der Waals surface area contributed by atoms with Crippen molar-refractivity contribution in [2.24, 2.45) is 0 Å². The van der Waals surface area contributed by atoms with Crippen LogP contribution in [-0.2, 0) is 0 Å². The van der Waals surface area contributed by atoms with Gasteiger partial charge in [-0.15, -0.1) is 0 Å². The smallest absolute Gasteiger partial charge is 0.168 e. The molecule has 0 aliphatic rings. The van der Waals surface area contributed by atoms with E-state index in [0.29, 0.717) is 0 Å². The fraction of sp³-hybridized carbons (Fsp3) is 0.615. The van der Waals surface area contributed by atoms with Gasteiger partial charge in [0, 0.05) is 19.3 Å². The van der Waals surface area contributed by atoms with Crippen molar-refractivity contribution in [3.05, 3.63) is 18.3 Å². The number of nitrogens with zero attached hydrogens (tertiary/aromatic N) is 1. The SMILES string of the molecule is CC(C)Oc1cccnc1NCCCCCO. The number of aliphatic hydroxyl groups is 1. The number of rotatable bonds is 8. The fourth-order valence-corrected chi connectivity index (χ4v) is 1.49. The van der Waals surface area contributed by atoms with Crippen LogP contribution in [0.4, 0.5) is 5.82 Å². The minimum atomic E-state index is 0.147. The summed E-state index contributed by atoms with van der Waals surface area (Å²) < 4.78 is 5.66. The molecular weight excluding hydrogens is 216 g/mol. The van der Waals surface area contributed by atoms with E-state index < -0.39 is 0 Å². The van der Waals surface area contributed by atoms with Crippen molar-refractivity contribution in [1.29, 1.82) is 0 Å². The van der Waals surface area contributed by atoms with Crippen molar-refractivity contribution in [2.75, 3.05) is 18.5 Å². The second kappa shape index (κ2) is 7.90. The van der Waals surface area contributed by atoms with E-state index in [1.165, 1.54) is 0 Å². The van der Waals surface area contributed by atoms with Gasteiger partial charge < -0.3 is 15.2 Å². The number of hydrogen-bond donors (Lipinski definition) is 2. The molecule has 4 nitrogen and oxygen atoms in total. The Balaban J connectivity index is 2.40. The topological polar surface area (TPSA) is 54.4 Å². The molecule has 1 heterocycles. The minimum Gasteiger partial charge on any atom is -0.487 e. The molecule has 96 valence electrons. The number of anilines is 1. The Kier molecular flexibility index (Phi) is 6.40. The molecule has 0 unspecified atom stereocenters. The van der Waals surface area contributed by atoms with Gasteiger partial charge >= 0.3 is 0 Å². The van der Waals surface area contributed by atoms with Crippen LogP contribution in [0.5, 0.6) is 5.75 Å². The summed E-state index contributed by atoms with van der Waals surface area (Å²) in [6, 6.07) is 3.79. The van der Waals surface area contributed by atoms with Crippen LogP contribution in [0.25, 0.3) is 0 Å². The van der Waals surface area contributed by atoms with Crippen LogP contribution in [-0.4, -0.2) is 29.3 Å². The molecule has 0 saturated carbocycles.